The highest BCUT2D eigenvalue weighted by Crippen LogP contribution is 2.35. The molecule has 24 heavy (non-hydrogen) atoms. The summed E-state index contributed by atoms with van der Waals surface area (Å²) in [4.78, 5) is 23.5. The van der Waals surface area contributed by atoms with Crippen molar-refractivity contribution in [1.29, 1.82) is 0 Å². The van der Waals surface area contributed by atoms with Crippen LogP contribution in [0.2, 0.25) is 0 Å². The number of fused-ring (bicyclic) bond motifs is 1. The fourth-order valence-corrected chi connectivity index (χ4v) is 2.62. The van der Waals surface area contributed by atoms with Crippen molar-refractivity contribution in [2.75, 3.05) is 13.7 Å². The zero-order valence-electron chi connectivity index (χ0n) is 12.7. The normalized spacial score (nSPS) is 14.2. The Hall–Kier alpha value is -2.60. The topological polar surface area (TPSA) is 61.8 Å². The SMILES string of the molecule is COC(=O)COc1ccc2c(c1)O/C(=C\c1cccc(Br)c1)C2=O. The molecule has 0 amide bonds. The molecule has 0 saturated carbocycles. The molecule has 0 N–H and O–H groups in total. The first kappa shape index (κ1) is 16.3. The highest BCUT2D eigenvalue weighted by Gasteiger charge is 2.27. The van der Waals surface area contributed by atoms with E-state index in [2.05, 4.69) is 20.7 Å². The molecular formula is C18H13BrO5. The minimum Gasteiger partial charge on any atom is -0.482 e. The maximum absolute atomic E-state index is 12.4. The third-order valence-corrected chi connectivity index (χ3v) is 3.87. The average molecular weight is 389 g/mol. The van der Waals surface area contributed by atoms with Crippen molar-refractivity contribution in [1.82, 2.24) is 0 Å². The summed E-state index contributed by atoms with van der Waals surface area (Å²) < 4.78 is 16.4. The fourth-order valence-electron chi connectivity index (χ4n) is 2.21. The van der Waals surface area contributed by atoms with E-state index in [1.165, 1.54) is 7.11 Å². The van der Waals surface area contributed by atoms with Crippen LogP contribution in [0.1, 0.15) is 15.9 Å². The van der Waals surface area contributed by atoms with Gasteiger partial charge < -0.3 is 14.2 Å². The lowest BCUT2D eigenvalue weighted by Crippen LogP contribution is -2.12. The molecule has 0 bridgehead atoms. The monoisotopic (exact) mass is 388 g/mol. The first-order valence-corrected chi connectivity index (χ1v) is 7.89. The maximum Gasteiger partial charge on any atom is 0.343 e. The van der Waals surface area contributed by atoms with Gasteiger partial charge in [0.1, 0.15) is 11.5 Å². The molecule has 1 aliphatic heterocycles. The third-order valence-electron chi connectivity index (χ3n) is 3.37. The lowest BCUT2D eigenvalue weighted by Gasteiger charge is -2.05. The molecule has 3 rings (SSSR count). The van der Waals surface area contributed by atoms with Crippen LogP contribution < -0.4 is 9.47 Å². The van der Waals surface area contributed by atoms with Gasteiger partial charge in [-0.05, 0) is 35.9 Å². The molecule has 0 unspecified atom stereocenters. The number of ketones is 1. The number of rotatable bonds is 4. The van der Waals surface area contributed by atoms with Crippen molar-refractivity contribution >= 4 is 33.8 Å². The van der Waals surface area contributed by atoms with Crippen molar-refractivity contribution in [3.8, 4) is 11.5 Å². The maximum atomic E-state index is 12.4. The molecule has 0 aliphatic carbocycles. The lowest BCUT2D eigenvalue weighted by molar-refractivity contribution is -0.142. The first-order valence-electron chi connectivity index (χ1n) is 7.10. The van der Waals surface area contributed by atoms with E-state index in [-0.39, 0.29) is 18.1 Å². The van der Waals surface area contributed by atoms with E-state index in [0.29, 0.717) is 17.1 Å². The van der Waals surface area contributed by atoms with E-state index >= 15 is 0 Å². The number of methoxy groups -OCH3 is 1. The van der Waals surface area contributed by atoms with E-state index < -0.39 is 5.97 Å². The Kier molecular flexibility index (Phi) is 4.66. The number of esters is 1. The van der Waals surface area contributed by atoms with Gasteiger partial charge in [0.05, 0.1) is 12.7 Å². The summed E-state index contributed by atoms with van der Waals surface area (Å²) in [5.41, 5.74) is 1.31. The molecule has 2 aromatic carbocycles. The summed E-state index contributed by atoms with van der Waals surface area (Å²) in [7, 11) is 1.29. The molecule has 6 heteroatoms. The molecular weight excluding hydrogens is 376 g/mol. The zero-order valence-corrected chi connectivity index (χ0v) is 14.3. The summed E-state index contributed by atoms with van der Waals surface area (Å²) >= 11 is 3.39. The Bertz CT molecular complexity index is 841. The number of benzene rings is 2. The minimum absolute atomic E-state index is 0.190. The Morgan fingerprint density at radius 3 is 2.83 bits per heavy atom. The Morgan fingerprint density at radius 1 is 1.25 bits per heavy atom. The van der Waals surface area contributed by atoms with Crippen molar-refractivity contribution in [3.05, 3.63) is 63.8 Å². The van der Waals surface area contributed by atoms with E-state index in [1.54, 1.807) is 24.3 Å². The largest absolute Gasteiger partial charge is 0.482 e. The van der Waals surface area contributed by atoms with Gasteiger partial charge in [0.15, 0.2) is 12.4 Å². The van der Waals surface area contributed by atoms with Gasteiger partial charge in [-0.25, -0.2) is 4.79 Å². The minimum atomic E-state index is -0.484. The van der Waals surface area contributed by atoms with Crippen molar-refractivity contribution in [3.63, 3.8) is 0 Å². The van der Waals surface area contributed by atoms with Crippen LogP contribution in [0.4, 0.5) is 0 Å². The average Bonchev–Trinajstić information content (AvgIpc) is 2.88. The Labute approximate surface area is 147 Å². The fraction of sp³-hybridized carbons (Fsp3) is 0.111. The molecule has 0 fully saturated rings. The molecule has 0 aromatic heterocycles. The van der Waals surface area contributed by atoms with Gasteiger partial charge in [-0.1, -0.05) is 28.1 Å². The molecule has 1 heterocycles. The lowest BCUT2D eigenvalue weighted by atomic mass is 10.1. The summed E-state index contributed by atoms with van der Waals surface area (Å²) in [5.74, 6) is 0.403. The van der Waals surface area contributed by atoms with Gasteiger partial charge in [0, 0.05) is 10.5 Å². The van der Waals surface area contributed by atoms with Gasteiger partial charge >= 0.3 is 5.97 Å². The molecule has 0 radical (unpaired) electrons. The van der Waals surface area contributed by atoms with Gasteiger partial charge in [-0.2, -0.15) is 0 Å². The smallest absolute Gasteiger partial charge is 0.343 e. The van der Waals surface area contributed by atoms with Crippen LogP contribution in [0.15, 0.2) is 52.7 Å². The number of Topliss-reactive ketones (excluding diaryl/α,β-unsaturated/α-hetero) is 1. The number of allylic oxidation sites excluding steroid dienone is 1. The number of hydrogen-bond acceptors (Lipinski definition) is 5. The Balaban J connectivity index is 1.81. The zero-order chi connectivity index (χ0) is 17.1. The highest BCUT2D eigenvalue weighted by atomic mass is 79.9. The van der Waals surface area contributed by atoms with Gasteiger partial charge in [-0.15, -0.1) is 0 Å². The van der Waals surface area contributed by atoms with E-state index in [4.69, 9.17) is 9.47 Å². The van der Waals surface area contributed by atoms with Crippen LogP contribution in [0, 0.1) is 0 Å². The van der Waals surface area contributed by atoms with Gasteiger partial charge in [0.2, 0.25) is 5.78 Å². The van der Waals surface area contributed by atoms with E-state index in [1.807, 2.05) is 24.3 Å². The molecule has 122 valence electrons. The van der Waals surface area contributed by atoms with E-state index in [0.717, 1.165) is 10.0 Å². The third kappa shape index (κ3) is 3.49. The second-order valence-electron chi connectivity index (χ2n) is 5.02. The second-order valence-corrected chi connectivity index (χ2v) is 5.93. The van der Waals surface area contributed by atoms with Gasteiger partial charge in [0.25, 0.3) is 0 Å². The quantitative estimate of drug-likeness (QED) is 0.591. The first-order chi connectivity index (χ1) is 11.6. The van der Waals surface area contributed by atoms with Crippen LogP contribution in [-0.4, -0.2) is 25.5 Å². The van der Waals surface area contributed by atoms with E-state index in [9.17, 15) is 9.59 Å². The predicted octanol–water partition coefficient (Wildman–Crippen LogP) is 3.62. The van der Waals surface area contributed by atoms with Gasteiger partial charge in [-0.3, -0.25) is 4.79 Å². The number of hydrogen-bond donors (Lipinski definition) is 0. The van der Waals surface area contributed by atoms with Crippen molar-refractivity contribution < 1.29 is 23.8 Å². The van der Waals surface area contributed by atoms with Crippen molar-refractivity contribution in [2.45, 2.75) is 0 Å². The standard InChI is InChI=1S/C18H13BrO5/c1-22-17(20)10-23-13-5-6-14-15(9-13)24-16(18(14)21)8-11-3-2-4-12(19)7-11/h2-9H,10H2,1H3/b16-8-. The molecule has 1 aliphatic rings. The summed E-state index contributed by atoms with van der Waals surface area (Å²) in [5, 5.41) is 0. The molecule has 0 atom stereocenters. The van der Waals surface area contributed by atoms with Crippen LogP contribution in [0.25, 0.3) is 6.08 Å². The Morgan fingerprint density at radius 2 is 2.08 bits per heavy atom. The molecule has 5 nitrogen and oxygen atoms in total. The highest BCUT2D eigenvalue weighted by molar-refractivity contribution is 9.10. The summed E-state index contributed by atoms with van der Waals surface area (Å²) in [6, 6.07) is 12.4. The van der Waals surface area contributed by atoms with Crippen LogP contribution in [0.3, 0.4) is 0 Å². The van der Waals surface area contributed by atoms with Crippen LogP contribution in [0.5, 0.6) is 11.5 Å². The molecule has 2 aromatic rings. The summed E-state index contributed by atoms with van der Waals surface area (Å²) in [6.07, 6.45) is 1.68. The second kappa shape index (κ2) is 6.88. The molecule has 0 spiro atoms. The van der Waals surface area contributed by atoms with Crippen LogP contribution >= 0.6 is 15.9 Å². The molecule has 0 saturated heterocycles. The summed E-state index contributed by atoms with van der Waals surface area (Å²) in [6.45, 7) is -0.204. The predicted molar refractivity (Wildman–Crippen MR) is 91.0 cm³/mol. The number of halogens is 1. The van der Waals surface area contributed by atoms with Crippen LogP contribution in [-0.2, 0) is 9.53 Å². The van der Waals surface area contributed by atoms with Crippen molar-refractivity contribution in [2.24, 2.45) is 0 Å². The number of ether oxygens (including phenoxy) is 3. The number of carbonyl (C=O) groups excluding carboxylic acids is 2. The number of carbonyl (C=O) groups is 2.